The molecule has 0 spiro atoms. The number of amides is 1. The minimum Gasteiger partial charge on any atom is -0.481 e. The van der Waals surface area contributed by atoms with E-state index in [1.165, 1.54) is 0 Å². The van der Waals surface area contributed by atoms with Crippen LogP contribution >= 0.6 is 23.2 Å². The molecular formula is C15H17Cl2NO3. The SMILES string of the molecule is O=C(O)CCC1CCN(C(=O)c2cc(Cl)ccc2Cl)CC1. The molecule has 1 heterocycles. The van der Waals surface area contributed by atoms with Crippen molar-refractivity contribution in [3.05, 3.63) is 33.8 Å². The number of carbonyl (C=O) groups is 2. The molecule has 4 nitrogen and oxygen atoms in total. The highest BCUT2D eigenvalue weighted by atomic mass is 35.5. The van der Waals surface area contributed by atoms with Crippen molar-refractivity contribution in [1.82, 2.24) is 4.90 Å². The van der Waals surface area contributed by atoms with Crippen LogP contribution in [0.5, 0.6) is 0 Å². The van der Waals surface area contributed by atoms with Gasteiger partial charge in [0.25, 0.3) is 5.91 Å². The molecule has 1 amide bonds. The molecule has 1 aromatic carbocycles. The van der Waals surface area contributed by atoms with E-state index >= 15 is 0 Å². The average Bonchev–Trinajstić information content (AvgIpc) is 2.47. The Labute approximate surface area is 133 Å². The fourth-order valence-corrected chi connectivity index (χ4v) is 2.95. The van der Waals surface area contributed by atoms with Gasteiger partial charge in [0, 0.05) is 24.5 Å². The topological polar surface area (TPSA) is 57.6 Å². The Balaban J connectivity index is 1.94. The second-order valence-electron chi connectivity index (χ2n) is 5.29. The molecule has 6 heteroatoms. The first kappa shape index (κ1) is 16.1. The monoisotopic (exact) mass is 329 g/mol. The Kier molecular flexibility index (Phi) is 5.48. The first-order valence-corrected chi connectivity index (χ1v) is 7.69. The molecule has 1 N–H and O–H groups in total. The molecule has 1 aliphatic rings. The smallest absolute Gasteiger partial charge is 0.303 e. The van der Waals surface area contributed by atoms with Crippen LogP contribution in [0, 0.1) is 5.92 Å². The van der Waals surface area contributed by atoms with E-state index in [2.05, 4.69) is 0 Å². The minimum atomic E-state index is -0.765. The van der Waals surface area contributed by atoms with Crippen molar-refractivity contribution in [2.45, 2.75) is 25.7 Å². The van der Waals surface area contributed by atoms with Crippen molar-refractivity contribution in [2.24, 2.45) is 5.92 Å². The van der Waals surface area contributed by atoms with Crippen molar-refractivity contribution in [2.75, 3.05) is 13.1 Å². The summed E-state index contributed by atoms with van der Waals surface area (Å²) in [6.07, 6.45) is 2.53. The maximum Gasteiger partial charge on any atom is 0.303 e. The van der Waals surface area contributed by atoms with Crippen molar-refractivity contribution in [3.8, 4) is 0 Å². The molecule has 2 rings (SSSR count). The molecule has 0 radical (unpaired) electrons. The molecule has 0 aliphatic carbocycles. The van der Waals surface area contributed by atoms with E-state index in [0.29, 0.717) is 41.0 Å². The summed E-state index contributed by atoms with van der Waals surface area (Å²) in [5.41, 5.74) is 0.424. The lowest BCUT2D eigenvalue weighted by atomic mass is 9.92. The fourth-order valence-electron chi connectivity index (χ4n) is 2.58. The molecule has 0 bridgehead atoms. The Morgan fingerprint density at radius 2 is 1.90 bits per heavy atom. The molecule has 0 aromatic heterocycles. The van der Waals surface area contributed by atoms with E-state index in [4.69, 9.17) is 28.3 Å². The zero-order valence-corrected chi connectivity index (χ0v) is 13.0. The summed E-state index contributed by atoms with van der Waals surface area (Å²) in [5, 5.41) is 9.58. The number of hydrogen-bond acceptors (Lipinski definition) is 2. The summed E-state index contributed by atoms with van der Waals surface area (Å²) in [5.74, 6) is -0.501. The third-order valence-corrected chi connectivity index (χ3v) is 4.39. The van der Waals surface area contributed by atoms with Gasteiger partial charge in [-0.05, 0) is 43.4 Å². The van der Waals surface area contributed by atoms with Crippen LogP contribution in [0.25, 0.3) is 0 Å². The number of hydrogen-bond donors (Lipinski definition) is 1. The number of piperidine rings is 1. The molecule has 1 aliphatic heterocycles. The molecule has 1 fully saturated rings. The standard InChI is InChI=1S/C15H17Cl2NO3/c16-11-2-3-13(17)12(9-11)15(21)18-7-5-10(6-8-18)1-4-14(19)20/h2-3,9-10H,1,4-8H2,(H,19,20). The highest BCUT2D eigenvalue weighted by Crippen LogP contribution is 2.26. The first-order chi connectivity index (χ1) is 9.97. The van der Waals surface area contributed by atoms with Crippen LogP contribution in [0.2, 0.25) is 10.0 Å². The zero-order valence-electron chi connectivity index (χ0n) is 11.5. The molecule has 0 unspecified atom stereocenters. The van der Waals surface area contributed by atoms with Gasteiger partial charge in [-0.1, -0.05) is 23.2 Å². The third-order valence-electron chi connectivity index (χ3n) is 3.83. The summed E-state index contributed by atoms with van der Waals surface area (Å²) >= 11 is 12.0. The van der Waals surface area contributed by atoms with Gasteiger partial charge in [0.05, 0.1) is 10.6 Å². The molecule has 21 heavy (non-hydrogen) atoms. The van der Waals surface area contributed by atoms with Crippen LogP contribution in [-0.4, -0.2) is 35.0 Å². The maximum absolute atomic E-state index is 12.4. The Morgan fingerprint density at radius 1 is 1.24 bits per heavy atom. The van der Waals surface area contributed by atoms with E-state index in [1.54, 1.807) is 23.1 Å². The lowest BCUT2D eigenvalue weighted by molar-refractivity contribution is -0.137. The largest absolute Gasteiger partial charge is 0.481 e. The Bertz CT molecular complexity index is 540. The molecule has 114 valence electrons. The van der Waals surface area contributed by atoms with Crippen LogP contribution in [-0.2, 0) is 4.79 Å². The number of nitrogens with zero attached hydrogens (tertiary/aromatic N) is 1. The zero-order chi connectivity index (χ0) is 15.4. The average molecular weight is 330 g/mol. The molecule has 1 saturated heterocycles. The highest BCUT2D eigenvalue weighted by molar-refractivity contribution is 6.35. The second kappa shape index (κ2) is 7.14. The van der Waals surface area contributed by atoms with Crippen molar-refractivity contribution >= 4 is 35.1 Å². The summed E-state index contributed by atoms with van der Waals surface area (Å²) in [6.45, 7) is 1.26. The van der Waals surface area contributed by atoms with E-state index in [-0.39, 0.29) is 12.3 Å². The number of carbonyl (C=O) groups excluding carboxylic acids is 1. The van der Waals surface area contributed by atoms with Gasteiger partial charge in [-0.3, -0.25) is 9.59 Å². The molecule has 0 atom stereocenters. The quantitative estimate of drug-likeness (QED) is 0.915. The van der Waals surface area contributed by atoms with Gasteiger partial charge in [-0.2, -0.15) is 0 Å². The van der Waals surface area contributed by atoms with Crippen LogP contribution in [0.3, 0.4) is 0 Å². The van der Waals surface area contributed by atoms with Gasteiger partial charge in [-0.15, -0.1) is 0 Å². The van der Waals surface area contributed by atoms with Crippen molar-refractivity contribution < 1.29 is 14.7 Å². The van der Waals surface area contributed by atoms with E-state index in [0.717, 1.165) is 12.8 Å². The van der Waals surface area contributed by atoms with Crippen LogP contribution < -0.4 is 0 Å². The number of rotatable bonds is 4. The van der Waals surface area contributed by atoms with Gasteiger partial charge >= 0.3 is 5.97 Å². The predicted octanol–water partition coefficient (Wildman–Crippen LogP) is 3.71. The molecular weight excluding hydrogens is 313 g/mol. The third kappa shape index (κ3) is 4.35. The van der Waals surface area contributed by atoms with Crippen LogP contribution in [0.1, 0.15) is 36.0 Å². The number of carboxylic acid groups (broad SMARTS) is 1. The predicted molar refractivity (Wildman–Crippen MR) is 82.0 cm³/mol. The van der Waals surface area contributed by atoms with E-state index in [1.807, 2.05) is 0 Å². The fraction of sp³-hybridized carbons (Fsp3) is 0.467. The number of carboxylic acids is 1. The van der Waals surface area contributed by atoms with Crippen LogP contribution in [0.4, 0.5) is 0 Å². The Hall–Kier alpha value is -1.26. The Morgan fingerprint density at radius 3 is 2.52 bits per heavy atom. The number of aliphatic carboxylic acids is 1. The number of likely N-dealkylation sites (tertiary alicyclic amines) is 1. The van der Waals surface area contributed by atoms with Gasteiger partial charge < -0.3 is 10.0 Å². The molecule has 0 saturated carbocycles. The summed E-state index contributed by atoms with van der Waals surface area (Å²) in [4.78, 5) is 24.8. The van der Waals surface area contributed by atoms with Gasteiger partial charge in [0.2, 0.25) is 0 Å². The van der Waals surface area contributed by atoms with Gasteiger partial charge in [-0.25, -0.2) is 0 Å². The normalized spacial score (nSPS) is 16.0. The second-order valence-corrected chi connectivity index (χ2v) is 6.14. The van der Waals surface area contributed by atoms with Crippen LogP contribution in [0.15, 0.2) is 18.2 Å². The highest BCUT2D eigenvalue weighted by Gasteiger charge is 2.25. The lowest BCUT2D eigenvalue weighted by Gasteiger charge is -2.32. The number of benzene rings is 1. The first-order valence-electron chi connectivity index (χ1n) is 6.93. The summed E-state index contributed by atoms with van der Waals surface area (Å²) in [6, 6.07) is 4.86. The van der Waals surface area contributed by atoms with Crippen molar-refractivity contribution in [3.63, 3.8) is 0 Å². The summed E-state index contributed by atoms with van der Waals surface area (Å²) in [7, 11) is 0. The lowest BCUT2D eigenvalue weighted by Crippen LogP contribution is -2.38. The summed E-state index contributed by atoms with van der Waals surface area (Å²) < 4.78 is 0. The minimum absolute atomic E-state index is 0.112. The molecule has 1 aromatic rings. The van der Waals surface area contributed by atoms with Crippen molar-refractivity contribution in [1.29, 1.82) is 0 Å². The van der Waals surface area contributed by atoms with Gasteiger partial charge in [0.15, 0.2) is 0 Å². The van der Waals surface area contributed by atoms with E-state index < -0.39 is 5.97 Å². The maximum atomic E-state index is 12.4. The van der Waals surface area contributed by atoms with E-state index in [9.17, 15) is 9.59 Å². The number of halogens is 2. The van der Waals surface area contributed by atoms with Gasteiger partial charge in [0.1, 0.15) is 0 Å².